The number of nitrogens with zero attached hydrogens (tertiary/aromatic N) is 1. The molecule has 3 N–H and O–H groups in total. The Morgan fingerprint density at radius 3 is 2.32 bits per heavy atom. The minimum atomic E-state index is -1.26. The number of carboxylic acid groups (broad SMARTS) is 1. The van der Waals surface area contributed by atoms with Crippen LogP contribution in [0.15, 0.2) is 54.2 Å². The van der Waals surface area contributed by atoms with E-state index in [1.807, 2.05) is 0 Å². The van der Waals surface area contributed by atoms with Crippen LogP contribution >= 0.6 is 11.6 Å². The molecule has 0 aliphatic carbocycles. The molecule has 0 saturated carbocycles. The van der Waals surface area contributed by atoms with E-state index in [2.05, 4.69) is 10.6 Å². The normalized spacial score (nSPS) is 10.8. The third-order valence-electron chi connectivity index (χ3n) is 3.43. The van der Waals surface area contributed by atoms with E-state index >= 15 is 0 Å². The smallest absolute Gasteiger partial charge is 0.322 e. The molecule has 0 bridgehead atoms. The van der Waals surface area contributed by atoms with Gasteiger partial charge in [0.25, 0.3) is 17.5 Å². The summed E-state index contributed by atoms with van der Waals surface area (Å²) in [6.45, 7) is -0.654. The lowest BCUT2D eigenvalue weighted by atomic mass is 10.1. The van der Waals surface area contributed by atoms with E-state index in [4.69, 9.17) is 16.7 Å². The largest absolute Gasteiger partial charge is 0.480 e. The molecule has 144 valence electrons. The number of carbonyl (C=O) groups excluding carboxylic acids is 2. The van der Waals surface area contributed by atoms with Crippen LogP contribution in [-0.4, -0.2) is 34.4 Å². The predicted molar refractivity (Wildman–Crippen MR) is 101 cm³/mol. The van der Waals surface area contributed by atoms with Crippen LogP contribution in [0.5, 0.6) is 0 Å². The van der Waals surface area contributed by atoms with Crippen molar-refractivity contribution in [2.24, 2.45) is 0 Å². The molecule has 0 atom stereocenters. The fraction of sp³-hybridized carbons (Fsp3) is 0.0556. The molecule has 2 rings (SSSR count). The van der Waals surface area contributed by atoms with Gasteiger partial charge in [-0.25, -0.2) is 0 Å². The van der Waals surface area contributed by atoms with Crippen molar-refractivity contribution in [1.82, 2.24) is 10.6 Å². The van der Waals surface area contributed by atoms with Gasteiger partial charge >= 0.3 is 5.97 Å². The molecule has 2 amide bonds. The van der Waals surface area contributed by atoms with Gasteiger partial charge in [-0.05, 0) is 35.9 Å². The lowest BCUT2D eigenvalue weighted by Crippen LogP contribution is -2.37. The topological polar surface area (TPSA) is 139 Å². The van der Waals surface area contributed by atoms with Crippen LogP contribution in [0.4, 0.5) is 5.69 Å². The molecule has 9 nitrogen and oxygen atoms in total. The van der Waals surface area contributed by atoms with E-state index in [9.17, 15) is 24.5 Å². The van der Waals surface area contributed by atoms with Crippen LogP contribution < -0.4 is 10.6 Å². The van der Waals surface area contributed by atoms with Gasteiger partial charge in [-0.15, -0.1) is 0 Å². The van der Waals surface area contributed by atoms with Crippen molar-refractivity contribution in [2.45, 2.75) is 0 Å². The zero-order valence-corrected chi connectivity index (χ0v) is 15.0. The standard InChI is InChI=1S/C18H14ClN3O6/c19-14-4-2-1-3-13(14)17(25)21-15(18(26)20-10-16(23)24)9-11-5-7-12(8-6-11)22(27)28/h1-9H,10H2,(H,20,26)(H,21,25)(H,23,24)/b15-9+. The van der Waals surface area contributed by atoms with Gasteiger partial charge < -0.3 is 15.7 Å². The van der Waals surface area contributed by atoms with Crippen LogP contribution in [-0.2, 0) is 9.59 Å². The average molecular weight is 404 g/mol. The quantitative estimate of drug-likeness (QED) is 0.368. The van der Waals surface area contributed by atoms with E-state index in [1.165, 1.54) is 42.5 Å². The number of benzene rings is 2. The lowest BCUT2D eigenvalue weighted by Gasteiger charge is -2.11. The SMILES string of the molecule is O=C(O)CNC(=O)/C(=C\c1ccc([N+](=O)[O-])cc1)NC(=O)c1ccccc1Cl. The molecular formula is C18H14ClN3O6. The molecule has 0 aromatic heterocycles. The molecule has 0 radical (unpaired) electrons. The van der Waals surface area contributed by atoms with Gasteiger partial charge in [-0.2, -0.15) is 0 Å². The Balaban J connectivity index is 2.31. The molecule has 10 heteroatoms. The summed E-state index contributed by atoms with van der Waals surface area (Å²) in [5.41, 5.74) is 0.101. The number of nitro benzene ring substituents is 1. The predicted octanol–water partition coefficient (Wildman–Crippen LogP) is 2.22. The summed E-state index contributed by atoms with van der Waals surface area (Å²) < 4.78 is 0. The minimum Gasteiger partial charge on any atom is -0.480 e. The first-order valence-electron chi connectivity index (χ1n) is 7.80. The maximum atomic E-state index is 12.4. The fourth-order valence-corrected chi connectivity index (χ4v) is 2.32. The first kappa shape index (κ1) is 20.6. The Bertz CT molecular complexity index is 956. The molecule has 0 aliphatic heterocycles. The van der Waals surface area contributed by atoms with E-state index < -0.39 is 29.3 Å². The van der Waals surface area contributed by atoms with Gasteiger partial charge in [-0.3, -0.25) is 24.5 Å². The number of carbonyl (C=O) groups is 3. The Labute approximate surface area is 163 Å². The number of non-ortho nitro benzene ring substituents is 1. The molecular weight excluding hydrogens is 390 g/mol. The summed E-state index contributed by atoms with van der Waals surface area (Å²) in [5.74, 6) is -2.79. The van der Waals surface area contributed by atoms with Crippen LogP contribution in [0.3, 0.4) is 0 Å². The highest BCUT2D eigenvalue weighted by atomic mass is 35.5. The number of carboxylic acids is 1. The molecule has 0 heterocycles. The van der Waals surface area contributed by atoms with Crippen LogP contribution in [0.25, 0.3) is 6.08 Å². The lowest BCUT2D eigenvalue weighted by molar-refractivity contribution is -0.384. The third-order valence-corrected chi connectivity index (χ3v) is 3.76. The average Bonchev–Trinajstić information content (AvgIpc) is 2.66. The van der Waals surface area contributed by atoms with Gasteiger partial charge in [0.15, 0.2) is 0 Å². The molecule has 0 unspecified atom stereocenters. The Hall–Kier alpha value is -3.72. The molecule has 0 spiro atoms. The molecule has 2 aromatic carbocycles. The molecule has 28 heavy (non-hydrogen) atoms. The molecule has 0 saturated heterocycles. The first-order valence-corrected chi connectivity index (χ1v) is 8.17. The number of nitrogens with one attached hydrogen (secondary N) is 2. The zero-order valence-electron chi connectivity index (χ0n) is 14.2. The number of aliphatic carboxylic acids is 1. The van der Waals surface area contributed by atoms with Gasteiger partial charge in [0.2, 0.25) is 0 Å². The van der Waals surface area contributed by atoms with Gasteiger partial charge in [0.05, 0.1) is 15.5 Å². The van der Waals surface area contributed by atoms with Crippen molar-refractivity contribution in [3.05, 3.63) is 80.5 Å². The Kier molecular flexibility index (Phi) is 6.83. The summed E-state index contributed by atoms with van der Waals surface area (Å²) in [4.78, 5) is 45.5. The minimum absolute atomic E-state index is 0.116. The summed E-state index contributed by atoms with van der Waals surface area (Å²) in [7, 11) is 0. The van der Waals surface area contributed by atoms with E-state index in [0.717, 1.165) is 0 Å². The monoisotopic (exact) mass is 403 g/mol. The third kappa shape index (κ3) is 5.64. The highest BCUT2D eigenvalue weighted by molar-refractivity contribution is 6.34. The molecule has 0 aliphatic rings. The number of rotatable bonds is 7. The molecule has 0 fully saturated rings. The van der Waals surface area contributed by atoms with Crippen LogP contribution in [0.2, 0.25) is 5.02 Å². The second-order valence-electron chi connectivity index (χ2n) is 5.42. The van der Waals surface area contributed by atoms with Gasteiger partial charge in [0, 0.05) is 12.1 Å². The van der Waals surface area contributed by atoms with Crippen LogP contribution in [0.1, 0.15) is 15.9 Å². The summed E-state index contributed by atoms with van der Waals surface area (Å²) in [6.07, 6.45) is 1.26. The summed E-state index contributed by atoms with van der Waals surface area (Å²) >= 11 is 5.97. The Morgan fingerprint density at radius 1 is 1.11 bits per heavy atom. The van der Waals surface area contributed by atoms with Crippen molar-refractivity contribution < 1.29 is 24.4 Å². The van der Waals surface area contributed by atoms with Crippen molar-refractivity contribution in [1.29, 1.82) is 0 Å². The number of hydrogen-bond donors (Lipinski definition) is 3. The first-order chi connectivity index (χ1) is 13.3. The van der Waals surface area contributed by atoms with Crippen molar-refractivity contribution in [3.8, 4) is 0 Å². The summed E-state index contributed by atoms with van der Waals surface area (Å²) in [6, 6.07) is 11.4. The zero-order chi connectivity index (χ0) is 20.7. The van der Waals surface area contributed by atoms with E-state index in [1.54, 1.807) is 12.1 Å². The maximum Gasteiger partial charge on any atom is 0.322 e. The van der Waals surface area contributed by atoms with Crippen molar-refractivity contribution in [2.75, 3.05) is 6.54 Å². The van der Waals surface area contributed by atoms with E-state index in [0.29, 0.717) is 5.56 Å². The maximum absolute atomic E-state index is 12.4. The highest BCUT2D eigenvalue weighted by Gasteiger charge is 2.17. The van der Waals surface area contributed by atoms with Crippen molar-refractivity contribution >= 4 is 41.1 Å². The number of nitro groups is 1. The molecule has 2 aromatic rings. The second kappa shape index (κ2) is 9.28. The Morgan fingerprint density at radius 2 is 1.75 bits per heavy atom. The summed E-state index contributed by atoms with van der Waals surface area (Å²) in [5, 5.41) is 24.1. The van der Waals surface area contributed by atoms with Gasteiger partial charge in [0.1, 0.15) is 12.2 Å². The number of amides is 2. The van der Waals surface area contributed by atoms with E-state index in [-0.39, 0.29) is 22.0 Å². The number of hydrogen-bond acceptors (Lipinski definition) is 5. The van der Waals surface area contributed by atoms with Crippen molar-refractivity contribution in [3.63, 3.8) is 0 Å². The second-order valence-corrected chi connectivity index (χ2v) is 5.82. The fourth-order valence-electron chi connectivity index (χ4n) is 2.10. The number of halogens is 1. The van der Waals surface area contributed by atoms with Crippen LogP contribution in [0, 0.1) is 10.1 Å². The highest BCUT2D eigenvalue weighted by Crippen LogP contribution is 2.17. The van der Waals surface area contributed by atoms with Gasteiger partial charge in [-0.1, -0.05) is 23.7 Å².